The maximum atomic E-state index is 12.7. The molecule has 1 amide bonds. The monoisotopic (exact) mass is 338 g/mol. The molecule has 1 aromatic carbocycles. The van der Waals surface area contributed by atoms with Gasteiger partial charge in [-0.25, -0.2) is 13.1 Å². The Morgan fingerprint density at radius 1 is 1.13 bits per heavy atom. The van der Waals surface area contributed by atoms with Crippen LogP contribution in [-0.4, -0.2) is 19.9 Å². The van der Waals surface area contributed by atoms with Crippen molar-refractivity contribution >= 4 is 21.6 Å². The molecule has 2 N–H and O–H groups in total. The zero-order valence-corrected chi connectivity index (χ0v) is 15.3. The third kappa shape index (κ3) is 4.78. The minimum Gasteiger partial charge on any atom is -0.326 e. The minimum absolute atomic E-state index is 0.0200. The molecule has 0 atom stereocenters. The quantitative estimate of drug-likeness (QED) is 0.886. The second kappa shape index (κ2) is 5.91. The van der Waals surface area contributed by atoms with Crippen LogP contribution in [0.4, 0.5) is 5.69 Å². The molecule has 1 heterocycles. The highest BCUT2D eigenvalue weighted by Crippen LogP contribution is 2.29. The van der Waals surface area contributed by atoms with Gasteiger partial charge in [-0.2, -0.15) is 0 Å². The molecular formula is C17H26N2O3S. The topological polar surface area (TPSA) is 75.3 Å². The van der Waals surface area contributed by atoms with Crippen molar-refractivity contribution in [3.05, 3.63) is 23.8 Å². The van der Waals surface area contributed by atoms with Crippen molar-refractivity contribution in [2.45, 2.75) is 64.3 Å². The minimum atomic E-state index is -3.60. The number of aryl methyl sites for hydroxylation is 1. The van der Waals surface area contributed by atoms with Gasteiger partial charge in [0.25, 0.3) is 0 Å². The molecule has 128 valence electrons. The lowest BCUT2D eigenvalue weighted by Gasteiger charge is -2.33. The van der Waals surface area contributed by atoms with Gasteiger partial charge < -0.3 is 5.32 Å². The lowest BCUT2D eigenvalue weighted by Crippen LogP contribution is -2.45. The number of anilines is 1. The molecular weight excluding hydrogens is 312 g/mol. The van der Waals surface area contributed by atoms with Crippen molar-refractivity contribution in [3.8, 4) is 0 Å². The molecule has 0 saturated carbocycles. The number of nitrogens with one attached hydrogen (secondary N) is 2. The van der Waals surface area contributed by atoms with Gasteiger partial charge in [0.15, 0.2) is 0 Å². The normalized spacial score (nSPS) is 16.0. The van der Waals surface area contributed by atoms with Crippen LogP contribution in [0.3, 0.4) is 0 Å². The van der Waals surface area contributed by atoms with Gasteiger partial charge in [0.05, 0.1) is 4.90 Å². The van der Waals surface area contributed by atoms with E-state index in [0.29, 0.717) is 18.5 Å². The molecule has 0 spiro atoms. The smallest absolute Gasteiger partial charge is 0.241 e. The van der Waals surface area contributed by atoms with Crippen LogP contribution in [-0.2, 0) is 21.2 Å². The van der Waals surface area contributed by atoms with Crippen LogP contribution in [0.25, 0.3) is 0 Å². The highest BCUT2D eigenvalue weighted by Gasteiger charge is 2.31. The number of carbonyl (C=O) groups excluding carboxylic acids is 1. The van der Waals surface area contributed by atoms with Crippen molar-refractivity contribution in [2.75, 3.05) is 5.32 Å². The molecule has 5 nitrogen and oxygen atoms in total. The van der Waals surface area contributed by atoms with Crippen LogP contribution in [0.15, 0.2) is 23.1 Å². The van der Waals surface area contributed by atoms with Gasteiger partial charge in [0.1, 0.15) is 0 Å². The molecule has 6 heteroatoms. The Bertz CT molecular complexity index is 716. The van der Waals surface area contributed by atoms with Crippen LogP contribution < -0.4 is 10.0 Å². The fourth-order valence-corrected chi connectivity index (χ4v) is 4.77. The molecule has 23 heavy (non-hydrogen) atoms. The second-order valence-electron chi connectivity index (χ2n) is 8.09. The van der Waals surface area contributed by atoms with Gasteiger partial charge in [0.2, 0.25) is 15.9 Å². The first-order valence-electron chi connectivity index (χ1n) is 7.85. The summed E-state index contributed by atoms with van der Waals surface area (Å²) in [6.45, 7) is 10.1. The Labute approximate surface area is 138 Å². The van der Waals surface area contributed by atoms with Crippen molar-refractivity contribution in [1.82, 2.24) is 4.72 Å². The number of fused-ring (bicyclic) bond motifs is 1. The molecule has 1 aliphatic rings. The Hall–Kier alpha value is -1.40. The summed E-state index contributed by atoms with van der Waals surface area (Å²) < 4.78 is 28.2. The molecule has 0 saturated heterocycles. The van der Waals surface area contributed by atoms with E-state index in [4.69, 9.17) is 0 Å². The van der Waals surface area contributed by atoms with Crippen molar-refractivity contribution in [2.24, 2.45) is 5.41 Å². The average Bonchev–Trinajstić information content (AvgIpc) is 2.33. The summed E-state index contributed by atoms with van der Waals surface area (Å²) in [7, 11) is -3.60. The summed E-state index contributed by atoms with van der Waals surface area (Å²) in [5.74, 6) is -0.0301. The van der Waals surface area contributed by atoms with E-state index < -0.39 is 15.6 Å². The first-order valence-corrected chi connectivity index (χ1v) is 9.33. The molecule has 0 aliphatic carbocycles. The Balaban J connectivity index is 2.25. The summed E-state index contributed by atoms with van der Waals surface area (Å²) in [4.78, 5) is 11.6. The Morgan fingerprint density at radius 2 is 1.78 bits per heavy atom. The van der Waals surface area contributed by atoms with Gasteiger partial charge >= 0.3 is 0 Å². The number of hydrogen-bond donors (Lipinski definition) is 2. The third-order valence-corrected chi connectivity index (χ3v) is 5.36. The zero-order valence-electron chi connectivity index (χ0n) is 14.5. The zero-order chi connectivity index (χ0) is 17.5. The maximum absolute atomic E-state index is 12.7. The van der Waals surface area contributed by atoms with Crippen molar-refractivity contribution in [3.63, 3.8) is 0 Å². The van der Waals surface area contributed by atoms with Crippen molar-refractivity contribution in [1.29, 1.82) is 0 Å². The van der Waals surface area contributed by atoms with Crippen LogP contribution in [0, 0.1) is 5.41 Å². The van der Waals surface area contributed by atoms with Crippen molar-refractivity contribution < 1.29 is 13.2 Å². The van der Waals surface area contributed by atoms with E-state index in [0.717, 1.165) is 12.0 Å². The fraction of sp³-hybridized carbons (Fsp3) is 0.588. The predicted molar refractivity (Wildman–Crippen MR) is 91.9 cm³/mol. The number of carbonyl (C=O) groups is 1. The predicted octanol–water partition coefficient (Wildman–Crippen LogP) is 3.06. The number of sulfonamides is 1. The lowest BCUT2D eigenvalue weighted by atomic mass is 9.82. The van der Waals surface area contributed by atoms with Gasteiger partial charge in [-0.1, -0.05) is 20.8 Å². The van der Waals surface area contributed by atoms with Crippen LogP contribution in [0.2, 0.25) is 0 Å². The summed E-state index contributed by atoms with van der Waals surface area (Å²) in [6, 6.07) is 4.86. The Kier molecular flexibility index (Phi) is 4.61. The molecule has 0 aromatic heterocycles. The lowest BCUT2D eigenvalue weighted by molar-refractivity contribution is -0.116. The van der Waals surface area contributed by atoms with E-state index in [1.54, 1.807) is 18.2 Å². The summed E-state index contributed by atoms with van der Waals surface area (Å²) in [5, 5.41) is 2.76. The number of amides is 1. The molecule has 1 aromatic rings. The maximum Gasteiger partial charge on any atom is 0.241 e. The highest BCUT2D eigenvalue weighted by atomic mass is 32.2. The summed E-state index contributed by atoms with van der Waals surface area (Å²) >= 11 is 0. The van der Waals surface area contributed by atoms with Crippen LogP contribution in [0.5, 0.6) is 0 Å². The molecule has 1 aliphatic heterocycles. The van der Waals surface area contributed by atoms with E-state index in [1.807, 2.05) is 13.8 Å². The van der Waals surface area contributed by atoms with E-state index >= 15 is 0 Å². The van der Waals surface area contributed by atoms with E-state index in [1.165, 1.54) is 0 Å². The van der Waals surface area contributed by atoms with Crippen LogP contribution >= 0.6 is 0 Å². The molecule has 0 fully saturated rings. The first-order chi connectivity index (χ1) is 10.4. The van der Waals surface area contributed by atoms with Gasteiger partial charge in [-0.15, -0.1) is 0 Å². The number of hydrogen-bond acceptors (Lipinski definition) is 3. The Morgan fingerprint density at radius 3 is 2.39 bits per heavy atom. The van der Waals surface area contributed by atoms with E-state index in [9.17, 15) is 13.2 Å². The molecule has 0 radical (unpaired) electrons. The first kappa shape index (κ1) is 17.9. The fourth-order valence-electron chi connectivity index (χ4n) is 3.31. The number of benzene rings is 1. The van der Waals surface area contributed by atoms with E-state index in [-0.39, 0.29) is 16.2 Å². The average molecular weight is 338 g/mol. The second-order valence-corrected chi connectivity index (χ2v) is 9.78. The third-order valence-electron chi connectivity index (χ3n) is 3.67. The molecule has 0 bridgehead atoms. The standard InChI is InChI=1S/C17H26N2O3S/c1-16(2,3)11-17(4,5)19-23(21,22)13-7-8-14-12(10-13)6-9-15(20)18-14/h7-8,10,19H,6,9,11H2,1-5H3,(H,18,20). The summed E-state index contributed by atoms with van der Waals surface area (Å²) in [5.41, 5.74) is 1.04. The van der Waals surface area contributed by atoms with Gasteiger partial charge in [-0.3, -0.25) is 4.79 Å². The van der Waals surface area contributed by atoms with Gasteiger partial charge in [-0.05, 0) is 55.9 Å². The molecule has 2 rings (SSSR count). The molecule has 0 unspecified atom stereocenters. The van der Waals surface area contributed by atoms with Crippen LogP contribution in [0.1, 0.15) is 53.0 Å². The van der Waals surface area contributed by atoms with Gasteiger partial charge in [0, 0.05) is 17.6 Å². The highest BCUT2D eigenvalue weighted by molar-refractivity contribution is 7.89. The van der Waals surface area contributed by atoms with E-state index in [2.05, 4.69) is 30.8 Å². The SMILES string of the molecule is CC(C)(C)CC(C)(C)NS(=O)(=O)c1ccc2c(c1)CCC(=O)N2. The summed E-state index contributed by atoms with van der Waals surface area (Å²) in [6.07, 6.45) is 1.68. The number of rotatable bonds is 4. The largest absolute Gasteiger partial charge is 0.326 e.